The van der Waals surface area contributed by atoms with Gasteiger partial charge in [-0.1, -0.05) is 24.4 Å². The molecule has 5 nitrogen and oxygen atoms in total. The van der Waals surface area contributed by atoms with Gasteiger partial charge in [-0.05, 0) is 44.0 Å². The van der Waals surface area contributed by atoms with E-state index in [0.717, 1.165) is 12.8 Å². The van der Waals surface area contributed by atoms with Crippen molar-refractivity contribution < 1.29 is 14.7 Å². The van der Waals surface area contributed by atoms with Crippen molar-refractivity contribution >= 4 is 29.3 Å². The summed E-state index contributed by atoms with van der Waals surface area (Å²) in [5.74, 6) is -0.862. The quantitative estimate of drug-likeness (QED) is 0.799. The molecule has 0 aromatic heterocycles. The van der Waals surface area contributed by atoms with Gasteiger partial charge in [-0.15, -0.1) is 0 Å². The van der Waals surface area contributed by atoms with Crippen molar-refractivity contribution in [3.8, 4) is 0 Å². The maximum atomic E-state index is 12.0. The van der Waals surface area contributed by atoms with Gasteiger partial charge >= 0.3 is 12.0 Å². The van der Waals surface area contributed by atoms with E-state index in [1.165, 1.54) is 0 Å². The number of carboxylic acid groups (broad SMARTS) is 1. The second-order valence-corrected chi connectivity index (χ2v) is 6.06. The van der Waals surface area contributed by atoms with E-state index in [0.29, 0.717) is 23.6 Å². The van der Waals surface area contributed by atoms with Crippen LogP contribution in [0.4, 0.5) is 10.5 Å². The third-order valence-corrected chi connectivity index (χ3v) is 4.36. The summed E-state index contributed by atoms with van der Waals surface area (Å²) in [5, 5.41) is 15.5. The first-order chi connectivity index (χ1) is 9.91. The third kappa shape index (κ3) is 3.67. The van der Waals surface area contributed by atoms with Crippen LogP contribution in [0.5, 0.6) is 0 Å². The molecule has 0 radical (unpaired) electrons. The zero-order valence-electron chi connectivity index (χ0n) is 11.9. The van der Waals surface area contributed by atoms with Crippen LogP contribution >= 0.6 is 11.6 Å². The Hall–Kier alpha value is -1.75. The average molecular weight is 311 g/mol. The second kappa shape index (κ2) is 6.35. The number of carbonyl (C=O) groups excluding carboxylic acids is 1. The number of halogens is 1. The fraction of sp³-hybridized carbons (Fsp3) is 0.467. The highest BCUT2D eigenvalue weighted by Gasteiger charge is 2.43. The number of aliphatic carboxylic acids is 1. The first-order valence-corrected chi connectivity index (χ1v) is 7.36. The molecule has 1 aliphatic rings. The highest BCUT2D eigenvalue weighted by Crippen LogP contribution is 2.36. The first-order valence-electron chi connectivity index (χ1n) is 6.98. The van der Waals surface area contributed by atoms with Gasteiger partial charge in [-0.2, -0.15) is 0 Å². The van der Waals surface area contributed by atoms with Gasteiger partial charge in [0.05, 0.1) is 5.41 Å². The van der Waals surface area contributed by atoms with Crippen LogP contribution in [0.2, 0.25) is 5.02 Å². The summed E-state index contributed by atoms with van der Waals surface area (Å²) in [4.78, 5) is 23.5. The maximum Gasteiger partial charge on any atom is 0.319 e. The number of nitrogens with one attached hydrogen (secondary N) is 2. The monoisotopic (exact) mass is 310 g/mol. The van der Waals surface area contributed by atoms with Gasteiger partial charge in [0.2, 0.25) is 0 Å². The molecule has 3 N–H and O–H groups in total. The molecule has 6 heteroatoms. The van der Waals surface area contributed by atoms with E-state index in [9.17, 15) is 14.7 Å². The van der Waals surface area contributed by atoms with Crippen LogP contribution in [0.3, 0.4) is 0 Å². The molecule has 1 aromatic carbocycles. The van der Waals surface area contributed by atoms with Gasteiger partial charge in [0.1, 0.15) is 0 Å². The molecule has 1 aliphatic carbocycles. The summed E-state index contributed by atoms with van der Waals surface area (Å²) in [6, 6.07) is 5.99. The first kappa shape index (κ1) is 15.6. The molecular formula is C15H19ClN2O3. The van der Waals surface area contributed by atoms with E-state index in [4.69, 9.17) is 11.6 Å². The SMILES string of the molecule is CC1(C(=O)O)CCCCC1NC(=O)Nc1ccc(Cl)cc1. The Morgan fingerprint density at radius 3 is 2.57 bits per heavy atom. The Morgan fingerprint density at radius 2 is 1.95 bits per heavy atom. The van der Waals surface area contributed by atoms with Crippen LogP contribution in [0, 0.1) is 5.41 Å². The normalized spacial score (nSPS) is 25.1. The van der Waals surface area contributed by atoms with Crippen LogP contribution in [0.25, 0.3) is 0 Å². The van der Waals surface area contributed by atoms with Gasteiger partial charge in [-0.25, -0.2) is 4.79 Å². The van der Waals surface area contributed by atoms with Gasteiger partial charge in [0, 0.05) is 16.8 Å². The lowest BCUT2D eigenvalue weighted by Gasteiger charge is -2.38. The minimum atomic E-state index is -0.907. The van der Waals surface area contributed by atoms with Crippen molar-refractivity contribution in [2.75, 3.05) is 5.32 Å². The predicted octanol–water partition coefficient (Wildman–Crippen LogP) is 3.50. The van der Waals surface area contributed by atoms with E-state index >= 15 is 0 Å². The zero-order chi connectivity index (χ0) is 15.5. The Labute approximate surface area is 128 Å². The van der Waals surface area contributed by atoms with Crippen molar-refractivity contribution in [1.29, 1.82) is 0 Å². The Kier molecular flexibility index (Phi) is 4.73. The van der Waals surface area contributed by atoms with Crippen molar-refractivity contribution in [2.24, 2.45) is 5.41 Å². The van der Waals surface area contributed by atoms with Crippen molar-refractivity contribution in [3.63, 3.8) is 0 Å². The summed E-state index contributed by atoms with van der Waals surface area (Å²) < 4.78 is 0. The number of carboxylic acids is 1. The number of rotatable bonds is 3. The minimum absolute atomic E-state index is 0.365. The summed E-state index contributed by atoms with van der Waals surface area (Å²) in [6.07, 6.45) is 3.06. The number of carbonyl (C=O) groups is 2. The van der Waals surface area contributed by atoms with Crippen LogP contribution in [-0.2, 0) is 4.79 Å². The summed E-state index contributed by atoms with van der Waals surface area (Å²) >= 11 is 5.78. The molecule has 0 spiro atoms. The molecule has 2 amide bonds. The summed E-state index contributed by atoms with van der Waals surface area (Å²) in [6.45, 7) is 1.70. The number of amides is 2. The Balaban J connectivity index is 2.00. The zero-order valence-corrected chi connectivity index (χ0v) is 12.6. The van der Waals surface area contributed by atoms with Crippen LogP contribution in [0.15, 0.2) is 24.3 Å². The molecule has 2 atom stereocenters. The van der Waals surface area contributed by atoms with E-state index in [-0.39, 0.29) is 6.04 Å². The third-order valence-electron chi connectivity index (χ3n) is 4.10. The van der Waals surface area contributed by atoms with Crippen LogP contribution in [0.1, 0.15) is 32.6 Å². The van der Waals surface area contributed by atoms with Gasteiger partial charge < -0.3 is 15.7 Å². The number of hydrogen-bond donors (Lipinski definition) is 3. The molecule has 0 aliphatic heterocycles. The van der Waals surface area contributed by atoms with E-state index in [2.05, 4.69) is 10.6 Å². The lowest BCUT2D eigenvalue weighted by Crippen LogP contribution is -2.53. The minimum Gasteiger partial charge on any atom is -0.481 e. The molecule has 21 heavy (non-hydrogen) atoms. The summed E-state index contributed by atoms with van der Waals surface area (Å²) in [7, 11) is 0. The number of hydrogen-bond acceptors (Lipinski definition) is 2. The fourth-order valence-corrected chi connectivity index (χ4v) is 2.81. The fourth-order valence-electron chi connectivity index (χ4n) is 2.68. The van der Waals surface area contributed by atoms with E-state index in [1.807, 2.05) is 0 Å². The topological polar surface area (TPSA) is 78.4 Å². The van der Waals surface area contributed by atoms with Crippen LogP contribution in [-0.4, -0.2) is 23.1 Å². The molecule has 1 saturated carbocycles. The van der Waals surface area contributed by atoms with Gasteiger partial charge in [0.15, 0.2) is 0 Å². The molecule has 0 heterocycles. The molecule has 2 rings (SSSR count). The smallest absolute Gasteiger partial charge is 0.319 e. The number of urea groups is 1. The maximum absolute atomic E-state index is 12.0. The van der Waals surface area contributed by atoms with Gasteiger partial charge in [0.25, 0.3) is 0 Å². The number of benzene rings is 1. The van der Waals surface area contributed by atoms with E-state index < -0.39 is 17.4 Å². The lowest BCUT2D eigenvalue weighted by molar-refractivity contribution is -0.151. The molecule has 1 aromatic rings. The van der Waals surface area contributed by atoms with Crippen LogP contribution < -0.4 is 10.6 Å². The predicted molar refractivity (Wildman–Crippen MR) is 81.6 cm³/mol. The largest absolute Gasteiger partial charge is 0.481 e. The van der Waals surface area contributed by atoms with Crippen molar-refractivity contribution in [2.45, 2.75) is 38.6 Å². The lowest BCUT2D eigenvalue weighted by atomic mass is 9.72. The number of anilines is 1. The molecular weight excluding hydrogens is 292 g/mol. The molecule has 114 valence electrons. The Morgan fingerprint density at radius 1 is 1.29 bits per heavy atom. The Bertz CT molecular complexity index is 532. The molecule has 0 saturated heterocycles. The van der Waals surface area contributed by atoms with Crippen molar-refractivity contribution in [3.05, 3.63) is 29.3 Å². The van der Waals surface area contributed by atoms with Crippen molar-refractivity contribution in [1.82, 2.24) is 5.32 Å². The second-order valence-electron chi connectivity index (χ2n) is 5.63. The van der Waals surface area contributed by atoms with E-state index in [1.54, 1.807) is 31.2 Å². The van der Waals surface area contributed by atoms with Gasteiger partial charge in [-0.3, -0.25) is 4.79 Å². The molecule has 0 bridgehead atoms. The highest BCUT2D eigenvalue weighted by atomic mass is 35.5. The molecule has 2 unspecified atom stereocenters. The average Bonchev–Trinajstić information content (AvgIpc) is 2.44. The standard InChI is InChI=1S/C15H19ClN2O3/c1-15(13(19)20)9-3-2-4-12(15)18-14(21)17-11-7-5-10(16)6-8-11/h5-8,12H,2-4,9H2,1H3,(H,19,20)(H2,17,18,21). The molecule has 1 fully saturated rings. The highest BCUT2D eigenvalue weighted by molar-refractivity contribution is 6.30. The summed E-state index contributed by atoms with van der Waals surface area (Å²) in [5.41, 5.74) is -0.292.